The predicted octanol–water partition coefficient (Wildman–Crippen LogP) is 0.502. The summed E-state index contributed by atoms with van der Waals surface area (Å²) in [7, 11) is 4.27. The SMILES string of the molecule is CN1CCN(C)C(Cc2noc(-c3ncccc3N)n2)C1. The number of nitrogens with two attached hydrogens (primary N) is 1. The van der Waals surface area contributed by atoms with Gasteiger partial charge in [-0.25, -0.2) is 4.98 Å². The van der Waals surface area contributed by atoms with Crippen LogP contribution in [0.3, 0.4) is 0 Å². The third kappa shape index (κ3) is 3.03. The van der Waals surface area contributed by atoms with E-state index in [1.165, 1.54) is 0 Å². The number of rotatable bonds is 3. The molecule has 0 spiro atoms. The molecule has 1 atom stereocenters. The lowest BCUT2D eigenvalue weighted by atomic mass is 10.1. The molecule has 2 N–H and O–H groups in total. The Balaban J connectivity index is 1.75. The van der Waals surface area contributed by atoms with Gasteiger partial charge in [0.25, 0.3) is 5.89 Å². The molecular formula is C14H20N6O. The molecule has 2 aromatic heterocycles. The Kier molecular flexibility index (Phi) is 3.85. The molecule has 7 nitrogen and oxygen atoms in total. The van der Waals surface area contributed by atoms with Crippen molar-refractivity contribution in [1.82, 2.24) is 24.9 Å². The molecule has 0 aromatic carbocycles. The van der Waals surface area contributed by atoms with E-state index < -0.39 is 0 Å². The first-order valence-corrected chi connectivity index (χ1v) is 7.05. The molecule has 1 aliphatic heterocycles. The van der Waals surface area contributed by atoms with E-state index in [-0.39, 0.29) is 0 Å². The van der Waals surface area contributed by atoms with Crippen LogP contribution in [-0.4, -0.2) is 64.7 Å². The minimum absolute atomic E-state index is 0.384. The van der Waals surface area contributed by atoms with Crippen molar-refractivity contribution >= 4 is 5.69 Å². The van der Waals surface area contributed by atoms with Gasteiger partial charge in [0, 0.05) is 38.3 Å². The van der Waals surface area contributed by atoms with Gasteiger partial charge in [-0.15, -0.1) is 0 Å². The summed E-state index contributed by atoms with van der Waals surface area (Å²) in [5.74, 6) is 1.08. The molecule has 0 saturated carbocycles. The average Bonchev–Trinajstić information content (AvgIpc) is 2.92. The summed E-state index contributed by atoms with van der Waals surface area (Å²) in [4.78, 5) is 13.3. The Morgan fingerprint density at radius 1 is 1.38 bits per heavy atom. The Morgan fingerprint density at radius 2 is 2.24 bits per heavy atom. The monoisotopic (exact) mass is 288 g/mol. The first kappa shape index (κ1) is 14.0. The largest absolute Gasteiger partial charge is 0.397 e. The third-order valence-corrected chi connectivity index (χ3v) is 3.91. The van der Waals surface area contributed by atoms with E-state index >= 15 is 0 Å². The number of likely N-dealkylation sites (N-methyl/N-ethyl adjacent to an activating group) is 2. The minimum atomic E-state index is 0.384. The average molecular weight is 288 g/mol. The molecule has 0 radical (unpaired) electrons. The zero-order chi connectivity index (χ0) is 14.8. The van der Waals surface area contributed by atoms with Crippen LogP contribution in [0.2, 0.25) is 0 Å². The summed E-state index contributed by atoms with van der Waals surface area (Å²) in [5.41, 5.74) is 6.97. The lowest BCUT2D eigenvalue weighted by molar-refractivity contribution is 0.113. The second kappa shape index (κ2) is 5.79. The molecule has 0 bridgehead atoms. The summed E-state index contributed by atoms with van der Waals surface area (Å²) < 4.78 is 5.30. The Hall–Kier alpha value is -1.99. The zero-order valence-corrected chi connectivity index (χ0v) is 12.4. The highest BCUT2D eigenvalue weighted by atomic mass is 16.5. The lowest BCUT2D eigenvalue weighted by Gasteiger charge is -2.37. The Morgan fingerprint density at radius 3 is 3.05 bits per heavy atom. The van der Waals surface area contributed by atoms with Crippen molar-refractivity contribution in [2.75, 3.05) is 39.5 Å². The predicted molar refractivity (Wildman–Crippen MR) is 79.6 cm³/mol. The molecule has 0 amide bonds. The molecule has 0 aliphatic carbocycles. The fraction of sp³-hybridized carbons (Fsp3) is 0.500. The molecule has 1 saturated heterocycles. The summed E-state index contributed by atoms with van der Waals surface area (Å²) in [6.07, 6.45) is 2.43. The highest BCUT2D eigenvalue weighted by Gasteiger charge is 2.24. The van der Waals surface area contributed by atoms with E-state index in [1.807, 2.05) is 0 Å². The molecule has 3 rings (SSSR count). The van der Waals surface area contributed by atoms with Gasteiger partial charge in [0.1, 0.15) is 0 Å². The molecule has 1 aliphatic rings. The third-order valence-electron chi connectivity index (χ3n) is 3.91. The first-order chi connectivity index (χ1) is 10.1. The topological polar surface area (TPSA) is 84.3 Å². The number of anilines is 1. The number of pyridine rings is 1. The number of hydrogen-bond acceptors (Lipinski definition) is 7. The van der Waals surface area contributed by atoms with E-state index in [0.717, 1.165) is 26.1 Å². The van der Waals surface area contributed by atoms with Gasteiger partial charge in [-0.2, -0.15) is 4.98 Å². The van der Waals surface area contributed by atoms with Gasteiger partial charge < -0.3 is 20.1 Å². The van der Waals surface area contributed by atoms with E-state index in [1.54, 1.807) is 18.3 Å². The maximum Gasteiger partial charge on any atom is 0.278 e. The van der Waals surface area contributed by atoms with Crippen molar-refractivity contribution in [3.05, 3.63) is 24.2 Å². The van der Waals surface area contributed by atoms with Gasteiger partial charge in [-0.05, 0) is 26.2 Å². The fourth-order valence-corrected chi connectivity index (χ4v) is 2.56. The zero-order valence-electron chi connectivity index (χ0n) is 12.4. The second-order valence-corrected chi connectivity index (χ2v) is 5.56. The van der Waals surface area contributed by atoms with Gasteiger partial charge in [0.2, 0.25) is 0 Å². The van der Waals surface area contributed by atoms with E-state index in [9.17, 15) is 0 Å². The van der Waals surface area contributed by atoms with Crippen LogP contribution >= 0.6 is 0 Å². The fourth-order valence-electron chi connectivity index (χ4n) is 2.56. The summed E-state index contributed by atoms with van der Waals surface area (Å²) in [5, 5.41) is 4.06. The van der Waals surface area contributed by atoms with Crippen molar-refractivity contribution < 1.29 is 4.52 Å². The van der Waals surface area contributed by atoms with E-state index in [4.69, 9.17) is 10.3 Å². The molecular weight excluding hydrogens is 268 g/mol. The Bertz CT molecular complexity index is 613. The highest BCUT2D eigenvalue weighted by molar-refractivity contribution is 5.65. The lowest BCUT2D eigenvalue weighted by Crippen LogP contribution is -2.50. The van der Waals surface area contributed by atoms with Gasteiger partial charge >= 0.3 is 0 Å². The van der Waals surface area contributed by atoms with Crippen molar-refractivity contribution in [3.63, 3.8) is 0 Å². The summed E-state index contributed by atoms with van der Waals surface area (Å²) in [6, 6.07) is 3.95. The van der Waals surface area contributed by atoms with Crippen molar-refractivity contribution in [3.8, 4) is 11.6 Å². The van der Waals surface area contributed by atoms with Gasteiger partial charge in [0.05, 0.1) is 5.69 Å². The van der Waals surface area contributed by atoms with Crippen molar-refractivity contribution in [2.45, 2.75) is 12.5 Å². The van der Waals surface area contributed by atoms with Crippen LogP contribution in [0.1, 0.15) is 5.82 Å². The molecule has 2 aromatic rings. The van der Waals surface area contributed by atoms with Crippen LogP contribution in [0.4, 0.5) is 5.69 Å². The van der Waals surface area contributed by atoms with Gasteiger partial charge in [-0.3, -0.25) is 0 Å². The number of nitrogen functional groups attached to an aromatic ring is 1. The van der Waals surface area contributed by atoms with Crippen LogP contribution in [0.15, 0.2) is 22.9 Å². The van der Waals surface area contributed by atoms with Crippen LogP contribution < -0.4 is 5.73 Å². The molecule has 1 fully saturated rings. The van der Waals surface area contributed by atoms with Gasteiger partial charge in [-0.1, -0.05) is 5.16 Å². The number of nitrogens with zero attached hydrogens (tertiary/aromatic N) is 5. The molecule has 7 heteroatoms. The van der Waals surface area contributed by atoms with Gasteiger partial charge in [0.15, 0.2) is 11.5 Å². The standard InChI is InChI=1S/C14H20N6O/c1-19-6-7-20(2)10(9-19)8-12-17-14(21-18-12)13-11(15)4-3-5-16-13/h3-5,10H,6-9,15H2,1-2H3. The maximum absolute atomic E-state index is 5.88. The van der Waals surface area contributed by atoms with E-state index in [0.29, 0.717) is 29.1 Å². The maximum atomic E-state index is 5.88. The molecule has 3 heterocycles. The smallest absolute Gasteiger partial charge is 0.278 e. The number of piperazine rings is 1. The van der Waals surface area contributed by atoms with Crippen LogP contribution in [0, 0.1) is 0 Å². The second-order valence-electron chi connectivity index (χ2n) is 5.56. The number of aromatic nitrogens is 3. The molecule has 112 valence electrons. The summed E-state index contributed by atoms with van der Waals surface area (Å²) >= 11 is 0. The number of hydrogen-bond donors (Lipinski definition) is 1. The van der Waals surface area contributed by atoms with Crippen LogP contribution in [0.25, 0.3) is 11.6 Å². The normalized spacial score (nSPS) is 20.8. The Labute approximate surface area is 123 Å². The first-order valence-electron chi connectivity index (χ1n) is 7.05. The molecule has 1 unspecified atom stereocenters. The van der Waals surface area contributed by atoms with Crippen LogP contribution in [0.5, 0.6) is 0 Å². The highest BCUT2D eigenvalue weighted by Crippen LogP contribution is 2.21. The minimum Gasteiger partial charge on any atom is -0.397 e. The van der Waals surface area contributed by atoms with Crippen molar-refractivity contribution in [2.24, 2.45) is 0 Å². The molecule has 21 heavy (non-hydrogen) atoms. The van der Waals surface area contributed by atoms with Crippen molar-refractivity contribution in [1.29, 1.82) is 0 Å². The quantitative estimate of drug-likeness (QED) is 0.880. The summed E-state index contributed by atoms with van der Waals surface area (Å²) in [6.45, 7) is 3.15. The van der Waals surface area contributed by atoms with Crippen LogP contribution in [-0.2, 0) is 6.42 Å². The van der Waals surface area contributed by atoms with E-state index in [2.05, 4.69) is 39.0 Å².